The first kappa shape index (κ1) is 15.9. The maximum atomic E-state index is 12.9. The van der Waals surface area contributed by atoms with Gasteiger partial charge in [-0.15, -0.1) is 0 Å². The van der Waals surface area contributed by atoms with Crippen molar-refractivity contribution in [1.82, 2.24) is 4.90 Å². The van der Waals surface area contributed by atoms with Crippen molar-refractivity contribution in [2.45, 2.75) is 24.5 Å². The number of furan rings is 1. The minimum Gasteiger partial charge on any atom is -0.426 e. The average Bonchev–Trinajstić information content (AvgIpc) is 3.41. The lowest BCUT2D eigenvalue weighted by Gasteiger charge is -2.27. The molecule has 2 aromatic rings. The van der Waals surface area contributed by atoms with Crippen LogP contribution in [0.25, 0.3) is 0 Å². The summed E-state index contributed by atoms with van der Waals surface area (Å²) in [6.45, 7) is 1.30. The second-order valence-corrected chi connectivity index (χ2v) is 7.43. The highest BCUT2D eigenvalue weighted by atomic mass is 16.6. The fourth-order valence-corrected chi connectivity index (χ4v) is 4.84. The van der Waals surface area contributed by atoms with Crippen LogP contribution in [-0.2, 0) is 4.74 Å². The van der Waals surface area contributed by atoms with Crippen LogP contribution >= 0.6 is 0 Å². The SMILES string of the molecule is O=C(c1ccc(Oc2ccccc2)o1)N1C[C@@H]2[C@H](CO)[C@H]3CC[C@]2(C1)O3. The quantitative estimate of drug-likeness (QED) is 0.913. The zero-order valence-electron chi connectivity index (χ0n) is 14.3. The summed E-state index contributed by atoms with van der Waals surface area (Å²) in [5.74, 6) is 1.41. The minimum atomic E-state index is -0.274. The number of aliphatic hydroxyl groups is 1. The number of likely N-dealkylation sites (tertiary alicyclic amines) is 1. The van der Waals surface area contributed by atoms with E-state index in [9.17, 15) is 9.90 Å². The molecule has 6 heteroatoms. The maximum absolute atomic E-state index is 12.9. The second-order valence-electron chi connectivity index (χ2n) is 7.43. The molecule has 6 nitrogen and oxygen atoms in total. The van der Waals surface area contributed by atoms with Gasteiger partial charge in [-0.05, 0) is 31.0 Å². The van der Waals surface area contributed by atoms with Crippen LogP contribution in [0.15, 0.2) is 46.9 Å². The van der Waals surface area contributed by atoms with E-state index in [2.05, 4.69) is 0 Å². The molecule has 1 spiro atoms. The van der Waals surface area contributed by atoms with Crippen molar-refractivity contribution in [1.29, 1.82) is 0 Å². The zero-order chi connectivity index (χ0) is 17.7. The molecule has 0 radical (unpaired) electrons. The summed E-state index contributed by atoms with van der Waals surface area (Å²) in [6.07, 6.45) is 2.08. The van der Waals surface area contributed by atoms with Crippen molar-refractivity contribution in [3.8, 4) is 11.7 Å². The number of para-hydroxylation sites is 1. The van der Waals surface area contributed by atoms with E-state index in [-0.39, 0.29) is 41.8 Å². The summed E-state index contributed by atoms with van der Waals surface area (Å²) in [5.41, 5.74) is -0.274. The van der Waals surface area contributed by atoms with Gasteiger partial charge in [0.05, 0.1) is 18.2 Å². The highest BCUT2D eigenvalue weighted by molar-refractivity contribution is 5.92. The molecule has 0 unspecified atom stereocenters. The zero-order valence-corrected chi connectivity index (χ0v) is 14.3. The predicted octanol–water partition coefficient (Wildman–Crippen LogP) is 2.68. The van der Waals surface area contributed by atoms with Gasteiger partial charge in [0.25, 0.3) is 11.9 Å². The number of carbonyl (C=O) groups excluding carboxylic acids is 1. The molecule has 0 aliphatic carbocycles. The Kier molecular flexibility index (Phi) is 3.58. The van der Waals surface area contributed by atoms with Gasteiger partial charge in [0.15, 0.2) is 5.76 Å². The number of fused-ring (bicyclic) bond motifs is 1. The Morgan fingerprint density at radius 1 is 1.27 bits per heavy atom. The van der Waals surface area contributed by atoms with Gasteiger partial charge in [-0.25, -0.2) is 0 Å². The number of nitrogens with zero attached hydrogens (tertiary/aromatic N) is 1. The molecule has 4 atom stereocenters. The molecule has 3 saturated heterocycles. The lowest BCUT2D eigenvalue weighted by molar-refractivity contribution is 0.00120. The topological polar surface area (TPSA) is 72.1 Å². The van der Waals surface area contributed by atoms with E-state index in [1.165, 1.54) is 0 Å². The molecule has 5 rings (SSSR count). The van der Waals surface area contributed by atoms with Gasteiger partial charge in [0.1, 0.15) is 5.75 Å². The summed E-state index contributed by atoms with van der Waals surface area (Å²) < 4.78 is 17.4. The van der Waals surface area contributed by atoms with E-state index in [0.717, 1.165) is 12.8 Å². The average molecular weight is 355 g/mol. The van der Waals surface area contributed by atoms with Crippen LogP contribution < -0.4 is 4.74 Å². The van der Waals surface area contributed by atoms with Crippen molar-refractivity contribution >= 4 is 5.91 Å². The summed E-state index contributed by atoms with van der Waals surface area (Å²) in [5, 5.41) is 9.70. The third kappa shape index (κ3) is 2.36. The van der Waals surface area contributed by atoms with Crippen LogP contribution in [0.3, 0.4) is 0 Å². The van der Waals surface area contributed by atoms with Gasteiger partial charge in [-0.1, -0.05) is 18.2 Å². The van der Waals surface area contributed by atoms with Crippen LogP contribution in [0, 0.1) is 11.8 Å². The van der Waals surface area contributed by atoms with E-state index in [4.69, 9.17) is 13.9 Å². The van der Waals surface area contributed by atoms with Crippen molar-refractivity contribution < 1.29 is 23.8 Å². The number of ether oxygens (including phenoxy) is 2. The molecule has 3 aliphatic rings. The summed E-state index contributed by atoms with van der Waals surface area (Å²) in [7, 11) is 0. The highest BCUT2D eigenvalue weighted by Crippen LogP contribution is 2.54. The number of hydrogen-bond acceptors (Lipinski definition) is 5. The second kappa shape index (κ2) is 5.86. The molecule has 4 heterocycles. The van der Waals surface area contributed by atoms with Crippen LogP contribution in [-0.4, -0.2) is 47.3 Å². The third-order valence-electron chi connectivity index (χ3n) is 6.04. The fourth-order valence-electron chi connectivity index (χ4n) is 4.84. The molecule has 1 N–H and O–H groups in total. The normalized spacial score (nSPS) is 32.0. The van der Waals surface area contributed by atoms with Gasteiger partial charge in [-0.3, -0.25) is 4.79 Å². The smallest absolute Gasteiger partial charge is 0.290 e. The van der Waals surface area contributed by atoms with Crippen molar-refractivity contribution in [2.24, 2.45) is 11.8 Å². The van der Waals surface area contributed by atoms with E-state index in [1.807, 2.05) is 30.3 Å². The van der Waals surface area contributed by atoms with Crippen LogP contribution in [0.1, 0.15) is 23.4 Å². The monoisotopic (exact) mass is 355 g/mol. The first-order valence-electron chi connectivity index (χ1n) is 9.09. The Labute approximate surface area is 151 Å². The molecule has 1 amide bonds. The summed E-state index contributed by atoms with van der Waals surface area (Å²) in [6, 6.07) is 12.6. The number of rotatable bonds is 4. The van der Waals surface area contributed by atoms with Crippen molar-refractivity contribution in [2.75, 3.05) is 19.7 Å². The maximum Gasteiger partial charge on any atom is 0.290 e. The van der Waals surface area contributed by atoms with Gasteiger partial charge < -0.3 is 23.9 Å². The minimum absolute atomic E-state index is 0.120. The number of aliphatic hydroxyl groups excluding tert-OH is 1. The Bertz CT molecular complexity index is 819. The number of amides is 1. The molecule has 2 bridgehead atoms. The number of carbonyl (C=O) groups is 1. The number of benzene rings is 1. The van der Waals surface area contributed by atoms with Crippen molar-refractivity contribution in [3.05, 3.63) is 48.2 Å². The first-order chi connectivity index (χ1) is 12.7. The fraction of sp³-hybridized carbons (Fsp3) is 0.450. The van der Waals surface area contributed by atoms with Gasteiger partial charge in [0.2, 0.25) is 0 Å². The molecule has 1 aromatic heterocycles. The number of hydrogen-bond donors (Lipinski definition) is 1. The van der Waals surface area contributed by atoms with Gasteiger partial charge in [-0.2, -0.15) is 0 Å². The summed E-state index contributed by atoms with van der Waals surface area (Å²) >= 11 is 0. The van der Waals surface area contributed by atoms with E-state index < -0.39 is 0 Å². The van der Waals surface area contributed by atoms with Crippen LogP contribution in [0.2, 0.25) is 0 Å². The Hall–Kier alpha value is -2.31. The molecule has 136 valence electrons. The molecule has 3 aliphatic heterocycles. The molecular weight excluding hydrogens is 334 g/mol. The largest absolute Gasteiger partial charge is 0.426 e. The Balaban J connectivity index is 1.31. The standard InChI is InChI=1S/C20H21NO5/c22-11-14-15-10-21(12-20(15)9-8-16(14)26-20)19(23)17-6-7-18(25-17)24-13-4-2-1-3-5-13/h1-7,14-16,22H,8-12H2/t14-,15+,16+,20+/m0/s1. The summed E-state index contributed by atoms with van der Waals surface area (Å²) in [4.78, 5) is 14.7. The van der Waals surface area contributed by atoms with Crippen molar-refractivity contribution in [3.63, 3.8) is 0 Å². The lowest BCUT2D eigenvalue weighted by Crippen LogP contribution is -2.38. The van der Waals surface area contributed by atoms with Crippen LogP contribution in [0.5, 0.6) is 11.7 Å². The molecule has 1 aromatic carbocycles. The predicted molar refractivity (Wildman–Crippen MR) is 92.0 cm³/mol. The third-order valence-corrected chi connectivity index (χ3v) is 6.04. The van der Waals surface area contributed by atoms with E-state index >= 15 is 0 Å². The van der Waals surface area contributed by atoms with Gasteiger partial charge >= 0.3 is 0 Å². The van der Waals surface area contributed by atoms with Gasteiger partial charge in [0, 0.05) is 31.1 Å². The first-order valence-corrected chi connectivity index (χ1v) is 9.09. The Morgan fingerprint density at radius 3 is 2.92 bits per heavy atom. The molecule has 0 saturated carbocycles. The lowest BCUT2D eigenvalue weighted by atomic mass is 9.74. The Morgan fingerprint density at radius 2 is 2.12 bits per heavy atom. The van der Waals surface area contributed by atoms with E-state index in [0.29, 0.717) is 24.8 Å². The van der Waals surface area contributed by atoms with E-state index in [1.54, 1.807) is 17.0 Å². The molecular formula is C20H21NO5. The van der Waals surface area contributed by atoms with Crippen LogP contribution in [0.4, 0.5) is 0 Å². The molecule has 3 fully saturated rings. The highest BCUT2D eigenvalue weighted by Gasteiger charge is 2.63. The molecule has 26 heavy (non-hydrogen) atoms.